The Labute approximate surface area is 150 Å². The van der Waals surface area contributed by atoms with Crippen LogP contribution in [0.3, 0.4) is 0 Å². The van der Waals surface area contributed by atoms with Crippen molar-refractivity contribution in [2.75, 3.05) is 19.0 Å². The standard InChI is InChI=1S/C17H27N3O.HI/c1-17(11-5-3-4-6-12-17)13-19-16(18)20-14-7-9-15(21-2)10-8-14;/h7-10H,3-6,11-13H2,1-2H3,(H3,18,19,20);1H. The third-order valence-corrected chi connectivity index (χ3v) is 4.30. The van der Waals surface area contributed by atoms with Gasteiger partial charge in [0.15, 0.2) is 5.96 Å². The maximum absolute atomic E-state index is 6.00. The number of anilines is 1. The zero-order valence-corrected chi connectivity index (χ0v) is 15.9. The van der Waals surface area contributed by atoms with Crippen molar-refractivity contribution in [3.63, 3.8) is 0 Å². The summed E-state index contributed by atoms with van der Waals surface area (Å²) in [5.41, 5.74) is 7.24. The van der Waals surface area contributed by atoms with Crippen LogP contribution in [0, 0.1) is 5.41 Å². The number of ether oxygens (including phenoxy) is 1. The van der Waals surface area contributed by atoms with Gasteiger partial charge < -0.3 is 15.8 Å². The van der Waals surface area contributed by atoms with E-state index in [9.17, 15) is 0 Å². The van der Waals surface area contributed by atoms with Crippen LogP contribution in [-0.4, -0.2) is 19.6 Å². The summed E-state index contributed by atoms with van der Waals surface area (Å²) < 4.78 is 5.14. The van der Waals surface area contributed by atoms with Gasteiger partial charge in [-0.15, -0.1) is 24.0 Å². The van der Waals surface area contributed by atoms with E-state index in [0.29, 0.717) is 11.4 Å². The Kier molecular flexibility index (Phi) is 8.00. The van der Waals surface area contributed by atoms with Crippen molar-refractivity contribution >= 4 is 35.6 Å². The lowest BCUT2D eigenvalue weighted by molar-refractivity contribution is 0.290. The Hall–Kier alpha value is -0.980. The van der Waals surface area contributed by atoms with E-state index in [1.54, 1.807) is 7.11 Å². The number of aliphatic imine (C=N–C) groups is 1. The molecule has 1 saturated carbocycles. The molecule has 0 unspecified atom stereocenters. The number of nitrogens with zero attached hydrogens (tertiary/aromatic N) is 1. The minimum atomic E-state index is 0. The molecule has 1 fully saturated rings. The maximum atomic E-state index is 6.00. The van der Waals surface area contributed by atoms with Crippen LogP contribution in [0.4, 0.5) is 5.69 Å². The number of hydrogen-bond acceptors (Lipinski definition) is 2. The Bertz CT molecular complexity index is 465. The highest BCUT2D eigenvalue weighted by molar-refractivity contribution is 14.0. The highest BCUT2D eigenvalue weighted by Crippen LogP contribution is 2.34. The molecule has 1 aliphatic rings. The summed E-state index contributed by atoms with van der Waals surface area (Å²) in [4.78, 5) is 4.55. The first kappa shape index (κ1) is 19.1. The summed E-state index contributed by atoms with van der Waals surface area (Å²) in [7, 11) is 1.66. The van der Waals surface area contributed by atoms with E-state index in [2.05, 4.69) is 17.2 Å². The monoisotopic (exact) mass is 417 g/mol. The lowest BCUT2D eigenvalue weighted by Crippen LogP contribution is -2.27. The summed E-state index contributed by atoms with van der Waals surface area (Å²) in [6, 6.07) is 7.69. The summed E-state index contributed by atoms with van der Waals surface area (Å²) in [6.45, 7) is 3.14. The summed E-state index contributed by atoms with van der Waals surface area (Å²) in [5, 5.41) is 3.14. The van der Waals surface area contributed by atoms with E-state index in [-0.39, 0.29) is 24.0 Å². The molecule has 0 aromatic heterocycles. The molecule has 4 nitrogen and oxygen atoms in total. The Morgan fingerprint density at radius 2 is 1.77 bits per heavy atom. The van der Waals surface area contributed by atoms with Crippen LogP contribution >= 0.6 is 24.0 Å². The highest BCUT2D eigenvalue weighted by atomic mass is 127. The van der Waals surface area contributed by atoms with Gasteiger partial charge in [-0.05, 0) is 42.5 Å². The average Bonchev–Trinajstić information content (AvgIpc) is 2.71. The predicted octanol–water partition coefficient (Wildman–Crippen LogP) is 4.40. The minimum absolute atomic E-state index is 0. The quantitative estimate of drug-likeness (QED) is 0.331. The minimum Gasteiger partial charge on any atom is -0.497 e. The number of guanidine groups is 1. The first-order valence-electron chi connectivity index (χ1n) is 7.82. The van der Waals surface area contributed by atoms with Gasteiger partial charge in [0.25, 0.3) is 0 Å². The van der Waals surface area contributed by atoms with Gasteiger partial charge in [-0.2, -0.15) is 0 Å². The molecule has 1 aromatic carbocycles. The fourth-order valence-corrected chi connectivity index (χ4v) is 2.88. The number of hydrogen-bond donors (Lipinski definition) is 2. The van der Waals surface area contributed by atoms with E-state index in [0.717, 1.165) is 18.0 Å². The van der Waals surface area contributed by atoms with Gasteiger partial charge in [0, 0.05) is 12.2 Å². The molecular formula is C17H28IN3O. The third-order valence-electron chi connectivity index (χ3n) is 4.30. The van der Waals surface area contributed by atoms with Crippen molar-refractivity contribution in [2.45, 2.75) is 45.4 Å². The number of benzene rings is 1. The average molecular weight is 417 g/mol. The molecule has 0 heterocycles. The number of rotatable bonds is 4. The first-order valence-corrected chi connectivity index (χ1v) is 7.82. The lowest BCUT2D eigenvalue weighted by atomic mass is 9.83. The molecule has 2 rings (SSSR count). The normalized spacial score (nSPS) is 18.0. The van der Waals surface area contributed by atoms with Gasteiger partial charge in [0.05, 0.1) is 7.11 Å². The summed E-state index contributed by atoms with van der Waals surface area (Å²) in [5.74, 6) is 1.33. The Morgan fingerprint density at radius 1 is 1.18 bits per heavy atom. The fraction of sp³-hybridized carbons (Fsp3) is 0.588. The molecule has 0 spiro atoms. The van der Waals surface area contributed by atoms with E-state index in [4.69, 9.17) is 10.5 Å². The van der Waals surface area contributed by atoms with Crippen LogP contribution in [-0.2, 0) is 0 Å². The molecule has 0 saturated heterocycles. The molecular weight excluding hydrogens is 389 g/mol. The second-order valence-corrected chi connectivity index (χ2v) is 6.28. The van der Waals surface area contributed by atoms with Crippen molar-refractivity contribution in [2.24, 2.45) is 16.1 Å². The topological polar surface area (TPSA) is 59.6 Å². The van der Waals surface area contributed by atoms with Gasteiger partial charge in [-0.3, -0.25) is 4.99 Å². The zero-order valence-electron chi connectivity index (χ0n) is 13.6. The van der Waals surface area contributed by atoms with Crippen LogP contribution in [0.15, 0.2) is 29.3 Å². The van der Waals surface area contributed by atoms with Crippen LogP contribution < -0.4 is 15.8 Å². The highest BCUT2D eigenvalue weighted by Gasteiger charge is 2.25. The zero-order chi connectivity index (χ0) is 15.1. The van der Waals surface area contributed by atoms with Gasteiger partial charge >= 0.3 is 0 Å². The Balaban J connectivity index is 0.00000242. The molecule has 0 radical (unpaired) electrons. The van der Waals surface area contributed by atoms with Gasteiger partial charge in [0.1, 0.15) is 5.75 Å². The van der Waals surface area contributed by atoms with Crippen LogP contribution in [0.25, 0.3) is 0 Å². The van der Waals surface area contributed by atoms with E-state index >= 15 is 0 Å². The molecule has 0 bridgehead atoms. The fourth-order valence-electron chi connectivity index (χ4n) is 2.88. The van der Waals surface area contributed by atoms with Gasteiger partial charge in [-0.25, -0.2) is 0 Å². The van der Waals surface area contributed by atoms with Gasteiger partial charge in [-0.1, -0.05) is 32.6 Å². The van der Waals surface area contributed by atoms with E-state index in [1.807, 2.05) is 24.3 Å². The van der Waals surface area contributed by atoms with Crippen molar-refractivity contribution in [3.05, 3.63) is 24.3 Å². The second-order valence-electron chi connectivity index (χ2n) is 6.28. The third kappa shape index (κ3) is 6.02. The van der Waals surface area contributed by atoms with Crippen molar-refractivity contribution in [1.29, 1.82) is 0 Å². The van der Waals surface area contributed by atoms with Crippen LogP contribution in [0.1, 0.15) is 45.4 Å². The number of nitrogens with two attached hydrogens (primary N) is 1. The molecule has 22 heavy (non-hydrogen) atoms. The van der Waals surface area contributed by atoms with Gasteiger partial charge in [0.2, 0.25) is 0 Å². The lowest BCUT2D eigenvalue weighted by Gasteiger charge is -2.26. The second kappa shape index (κ2) is 9.22. The van der Waals surface area contributed by atoms with Crippen LogP contribution in [0.2, 0.25) is 0 Å². The molecule has 0 aliphatic heterocycles. The van der Waals surface area contributed by atoms with Crippen molar-refractivity contribution < 1.29 is 4.74 Å². The van der Waals surface area contributed by atoms with E-state index < -0.39 is 0 Å². The molecule has 3 N–H and O–H groups in total. The first-order chi connectivity index (χ1) is 10.1. The maximum Gasteiger partial charge on any atom is 0.193 e. The number of nitrogens with one attached hydrogen (secondary N) is 1. The Morgan fingerprint density at radius 3 is 2.32 bits per heavy atom. The molecule has 0 amide bonds. The van der Waals surface area contributed by atoms with Crippen molar-refractivity contribution in [3.8, 4) is 5.75 Å². The predicted molar refractivity (Wildman–Crippen MR) is 104 cm³/mol. The summed E-state index contributed by atoms with van der Waals surface area (Å²) in [6.07, 6.45) is 7.87. The largest absolute Gasteiger partial charge is 0.497 e. The molecule has 124 valence electrons. The molecule has 1 aliphatic carbocycles. The van der Waals surface area contributed by atoms with Crippen molar-refractivity contribution in [1.82, 2.24) is 0 Å². The molecule has 1 aromatic rings. The number of methoxy groups -OCH3 is 1. The molecule has 5 heteroatoms. The van der Waals surface area contributed by atoms with Crippen LogP contribution in [0.5, 0.6) is 5.75 Å². The van der Waals surface area contributed by atoms with E-state index in [1.165, 1.54) is 38.5 Å². The molecule has 0 atom stereocenters. The summed E-state index contributed by atoms with van der Waals surface area (Å²) >= 11 is 0. The smallest absolute Gasteiger partial charge is 0.193 e. The SMILES string of the molecule is COc1ccc(NC(N)=NCC2(C)CCCCCC2)cc1.I. The number of halogens is 1.